The van der Waals surface area contributed by atoms with Gasteiger partial charge in [0.1, 0.15) is 5.75 Å². The molecule has 0 N–H and O–H groups in total. The maximum absolute atomic E-state index is 5.99. The Hall–Kier alpha value is -1.32. The fraction of sp³-hybridized carbons (Fsp3) is 0.231. The van der Waals surface area contributed by atoms with Gasteiger partial charge in [-0.15, -0.1) is 10.2 Å². The maximum Gasteiger partial charge on any atom is 0.159 e. The predicted octanol–water partition coefficient (Wildman–Crippen LogP) is 4.24. The molecule has 2 rings (SSSR count). The van der Waals surface area contributed by atoms with E-state index in [4.69, 9.17) is 27.9 Å². The van der Waals surface area contributed by atoms with Crippen molar-refractivity contribution in [1.82, 2.24) is 10.2 Å². The monoisotopic (exact) mass is 282 g/mol. The highest BCUT2D eigenvalue weighted by molar-refractivity contribution is 6.33. The van der Waals surface area contributed by atoms with Crippen molar-refractivity contribution < 1.29 is 4.74 Å². The van der Waals surface area contributed by atoms with E-state index in [1.54, 1.807) is 6.07 Å². The summed E-state index contributed by atoms with van der Waals surface area (Å²) in [6.07, 6.45) is 0.984. The van der Waals surface area contributed by atoms with E-state index < -0.39 is 0 Å². The topological polar surface area (TPSA) is 35.0 Å². The second kappa shape index (κ2) is 6.03. The van der Waals surface area contributed by atoms with Gasteiger partial charge in [0.05, 0.1) is 6.61 Å². The lowest BCUT2D eigenvalue weighted by molar-refractivity contribution is 0.317. The molecule has 1 heterocycles. The first-order valence-corrected chi connectivity index (χ1v) is 6.38. The Morgan fingerprint density at radius 1 is 1.11 bits per heavy atom. The maximum atomic E-state index is 5.99. The summed E-state index contributed by atoms with van der Waals surface area (Å²) >= 11 is 11.8. The van der Waals surface area contributed by atoms with Crippen molar-refractivity contribution in [2.45, 2.75) is 13.3 Å². The van der Waals surface area contributed by atoms with Crippen molar-refractivity contribution in [3.63, 3.8) is 0 Å². The molecule has 0 unspecified atom stereocenters. The minimum absolute atomic E-state index is 0.320. The second-order valence-electron chi connectivity index (χ2n) is 3.74. The molecule has 18 heavy (non-hydrogen) atoms. The number of hydrogen-bond acceptors (Lipinski definition) is 3. The largest absolute Gasteiger partial charge is 0.494 e. The van der Waals surface area contributed by atoms with Crippen LogP contribution in [0.25, 0.3) is 11.1 Å². The fourth-order valence-electron chi connectivity index (χ4n) is 1.51. The Morgan fingerprint density at radius 3 is 2.50 bits per heavy atom. The number of benzene rings is 1. The van der Waals surface area contributed by atoms with Gasteiger partial charge in [0.25, 0.3) is 0 Å². The van der Waals surface area contributed by atoms with Gasteiger partial charge in [-0.3, -0.25) is 0 Å². The zero-order valence-electron chi connectivity index (χ0n) is 9.86. The Morgan fingerprint density at radius 2 is 1.83 bits per heavy atom. The van der Waals surface area contributed by atoms with Crippen molar-refractivity contribution in [3.05, 3.63) is 40.6 Å². The van der Waals surface area contributed by atoms with Crippen LogP contribution in [0.1, 0.15) is 13.3 Å². The van der Waals surface area contributed by atoms with Gasteiger partial charge in [0.15, 0.2) is 10.3 Å². The zero-order valence-corrected chi connectivity index (χ0v) is 11.4. The van der Waals surface area contributed by atoms with Crippen LogP contribution in [0.4, 0.5) is 0 Å². The molecule has 0 aliphatic heterocycles. The van der Waals surface area contributed by atoms with E-state index in [1.165, 1.54) is 0 Å². The smallest absolute Gasteiger partial charge is 0.159 e. The molecule has 5 heteroatoms. The van der Waals surface area contributed by atoms with Crippen LogP contribution in [0.5, 0.6) is 5.75 Å². The van der Waals surface area contributed by atoms with E-state index in [0.29, 0.717) is 16.9 Å². The Balaban J connectivity index is 2.25. The molecule has 3 nitrogen and oxygen atoms in total. The summed E-state index contributed by atoms with van der Waals surface area (Å²) in [6.45, 7) is 2.78. The standard InChI is InChI=1S/C13H12Cl2N2O/c1-2-7-18-10-5-3-9(4-6-10)11-8-12(14)16-17-13(11)15/h3-6,8H,2,7H2,1H3. The first-order valence-electron chi connectivity index (χ1n) is 5.62. The van der Waals surface area contributed by atoms with Crippen LogP contribution in [0, 0.1) is 0 Å². The number of aromatic nitrogens is 2. The van der Waals surface area contributed by atoms with Gasteiger partial charge in [-0.2, -0.15) is 0 Å². The van der Waals surface area contributed by atoms with Crippen LogP contribution in [0.15, 0.2) is 30.3 Å². The molecule has 1 aromatic carbocycles. The third-order valence-corrected chi connectivity index (χ3v) is 2.82. The van der Waals surface area contributed by atoms with Gasteiger partial charge < -0.3 is 4.74 Å². The number of ether oxygens (including phenoxy) is 1. The predicted molar refractivity (Wildman–Crippen MR) is 73.3 cm³/mol. The van der Waals surface area contributed by atoms with E-state index in [9.17, 15) is 0 Å². The molecule has 0 amide bonds. The quantitative estimate of drug-likeness (QED) is 0.841. The molecule has 0 aliphatic carbocycles. The van der Waals surface area contributed by atoms with Crippen LogP contribution in [-0.2, 0) is 0 Å². The molecule has 0 spiro atoms. The third kappa shape index (κ3) is 3.12. The molecule has 1 aromatic heterocycles. The summed E-state index contributed by atoms with van der Waals surface area (Å²) in [5.74, 6) is 0.838. The van der Waals surface area contributed by atoms with Crippen molar-refractivity contribution in [3.8, 4) is 16.9 Å². The Kier molecular flexibility index (Phi) is 4.39. The van der Waals surface area contributed by atoms with E-state index in [-0.39, 0.29) is 0 Å². The lowest BCUT2D eigenvalue weighted by Gasteiger charge is -2.07. The molecule has 0 aliphatic rings. The van der Waals surface area contributed by atoms with Crippen LogP contribution >= 0.6 is 23.2 Å². The van der Waals surface area contributed by atoms with E-state index in [1.807, 2.05) is 24.3 Å². The van der Waals surface area contributed by atoms with Gasteiger partial charge in [-0.05, 0) is 30.2 Å². The van der Waals surface area contributed by atoms with Crippen molar-refractivity contribution in [2.24, 2.45) is 0 Å². The first kappa shape index (κ1) is 13.1. The zero-order chi connectivity index (χ0) is 13.0. The molecule has 2 aromatic rings. The Labute approximate surface area is 116 Å². The minimum Gasteiger partial charge on any atom is -0.494 e. The normalized spacial score (nSPS) is 10.4. The third-order valence-electron chi connectivity index (χ3n) is 2.36. The number of halogens is 2. The average molecular weight is 283 g/mol. The van der Waals surface area contributed by atoms with Crippen LogP contribution in [-0.4, -0.2) is 16.8 Å². The van der Waals surface area contributed by atoms with E-state index in [2.05, 4.69) is 17.1 Å². The molecular weight excluding hydrogens is 271 g/mol. The van der Waals surface area contributed by atoms with Crippen LogP contribution < -0.4 is 4.74 Å². The van der Waals surface area contributed by atoms with Gasteiger partial charge in [0.2, 0.25) is 0 Å². The molecule has 0 saturated carbocycles. The van der Waals surface area contributed by atoms with Gasteiger partial charge in [-0.1, -0.05) is 42.3 Å². The van der Waals surface area contributed by atoms with Crippen LogP contribution in [0.3, 0.4) is 0 Å². The summed E-state index contributed by atoms with van der Waals surface area (Å²) in [4.78, 5) is 0. The van der Waals surface area contributed by atoms with Gasteiger partial charge in [-0.25, -0.2) is 0 Å². The van der Waals surface area contributed by atoms with Gasteiger partial charge >= 0.3 is 0 Å². The van der Waals surface area contributed by atoms with Crippen molar-refractivity contribution in [1.29, 1.82) is 0 Å². The lowest BCUT2D eigenvalue weighted by Crippen LogP contribution is -1.94. The summed E-state index contributed by atoms with van der Waals surface area (Å²) in [7, 11) is 0. The first-order chi connectivity index (χ1) is 8.70. The van der Waals surface area contributed by atoms with E-state index in [0.717, 1.165) is 23.3 Å². The molecule has 94 valence electrons. The van der Waals surface area contributed by atoms with Crippen LogP contribution in [0.2, 0.25) is 10.3 Å². The minimum atomic E-state index is 0.320. The molecule has 0 atom stereocenters. The SMILES string of the molecule is CCCOc1ccc(-c2cc(Cl)nnc2Cl)cc1. The fourth-order valence-corrected chi connectivity index (χ4v) is 1.85. The average Bonchev–Trinajstić information content (AvgIpc) is 2.40. The number of rotatable bonds is 4. The number of nitrogens with zero attached hydrogens (tertiary/aromatic N) is 2. The molecule has 0 bridgehead atoms. The molecule has 0 saturated heterocycles. The molecule has 0 radical (unpaired) electrons. The molecule has 0 fully saturated rings. The van der Waals surface area contributed by atoms with Crippen molar-refractivity contribution in [2.75, 3.05) is 6.61 Å². The Bertz CT molecular complexity index is 529. The van der Waals surface area contributed by atoms with Gasteiger partial charge in [0, 0.05) is 5.56 Å². The molecular formula is C13H12Cl2N2O. The summed E-state index contributed by atoms with van der Waals surface area (Å²) in [5, 5.41) is 8.12. The van der Waals surface area contributed by atoms with E-state index >= 15 is 0 Å². The summed E-state index contributed by atoms with van der Waals surface area (Å²) in [6, 6.07) is 9.33. The highest BCUT2D eigenvalue weighted by atomic mass is 35.5. The number of hydrogen-bond donors (Lipinski definition) is 0. The highest BCUT2D eigenvalue weighted by Crippen LogP contribution is 2.28. The summed E-state index contributed by atoms with van der Waals surface area (Å²) < 4.78 is 5.51. The summed E-state index contributed by atoms with van der Waals surface area (Å²) in [5.41, 5.74) is 1.69. The second-order valence-corrected chi connectivity index (χ2v) is 4.49. The highest BCUT2D eigenvalue weighted by Gasteiger charge is 2.07. The lowest BCUT2D eigenvalue weighted by atomic mass is 10.1. The van der Waals surface area contributed by atoms with Crippen molar-refractivity contribution >= 4 is 23.2 Å².